The zero-order valence-electron chi connectivity index (χ0n) is 23.0. The second kappa shape index (κ2) is 13.0. The molecule has 2 unspecified atom stereocenters. The van der Waals surface area contributed by atoms with Gasteiger partial charge in [0.1, 0.15) is 5.75 Å². The second-order valence-corrected chi connectivity index (χ2v) is 11.5. The van der Waals surface area contributed by atoms with Gasteiger partial charge in [0.15, 0.2) is 0 Å². The lowest BCUT2D eigenvalue weighted by Gasteiger charge is -2.52. The van der Waals surface area contributed by atoms with Crippen LogP contribution in [0.5, 0.6) is 5.75 Å². The molecule has 1 aliphatic heterocycles. The summed E-state index contributed by atoms with van der Waals surface area (Å²) in [5.74, 6) is 1.06. The molecule has 1 aliphatic rings. The number of piperidine rings is 1. The van der Waals surface area contributed by atoms with Gasteiger partial charge in [-0.1, -0.05) is 79.5 Å². The number of allylic oxidation sites excluding steroid dienone is 1. The van der Waals surface area contributed by atoms with Crippen molar-refractivity contribution in [3.05, 3.63) is 112 Å². The first-order valence-electron chi connectivity index (χ1n) is 13.6. The maximum Gasteiger partial charge on any atom is 0.229 e. The summed E-state index contributed by atoms with van der Waals surface area (Å²) in [5, 5.41) is 4.99. The third-order valence-electron chi connectivity index (χ3n) is 7.92. The highest BCUT2D eigenvalue weighted by Crippen LogP contribution is 2.52. The van der Waals surface area contributed by atoms with Crippen LogP contribution >= 0.6 is 23.2 Å². The molecule has 4 nitrogen and oxygen atoms in total. The highest BCUT2D eigenvalue weighted by atomic mass is 35.5. The van der Waals surface area contributed by atoms with Crippen molar-refractivity contribution < 1.29 is 9.53 Å². The molecule has 39 heavy (non-hydrogen) atoms. The molecule has 0 radical (unpaired) electrons. The third kappa shape index (κ3) is 6.69. The Hall–Kier alpha value is -2.79. The topological polar surface area (TPSA) is 41.6 Å². The first kappa shape index (κ1) is 29.2. The number of ether oxygens (including phenoxy) is 1. The minimum Gasteiger partial charge on any atom is -0.497 e. The summed E-state index contributed by atoms with van der Waals surface area (Å²) < 4.78 is 5.29. The van der Waals surface area contributed by atoms with Gasteiger partial charge in [-0.05, 0) is 72.4 Å². The van der Waals surface area contributed by atoms with Crippen molar-refractivity contribution in [2.24, 2.45) is 5.41 Å². The van der Waals surface area contributed by atoms with Crippen LogP contribution in [0.1, 0.15) is 61.8 Å². The van der Waals surface area contributed by atoms with Gasteiger partial charge in [0.2, 0.25) is 5.91 Å². The first-order valence-corrected chi connectivity index (χ1v) is 14.3. The number of carbonyl (C=O) groups excluding carboxylic acids is 1. The zero-order valence-corrected chi connectivity index (χ0v) is 24.5. The number of halogens is 2. The number of hydrogen-bond acceptors (Lipinski definition) is 3. The first-order chi connectivity index (χ1) is 18.8. The highest BCUT2D eigenvalue weighted by molar-refractivity contribution is 6.30. The molecule has 1 N–H and O–H groups in total. The molecule has 4 atom stereocenters. The van der Waals surface area contributed by atoms with Gasteiger partial charge in [0.05, 0.1) is 18.6 Å². The number of rotatable bonds is 11. The van der Waals surface area contributed by atoms with Gasteiger partial charge in [-0.3, -0.25) is 4.79 Å². The molecule has 1 heterocycles. The Kier molecular flexibility index (Phi) is 9.76. The summed E-state index contributed by atoms with van der Waals surface area (Å²) in [5.41, 5.74) is 2.81. The average molecular weight is 566 g/mol. The molecule has 0 bridgehead atoms. The standard InChI is InChI=1S/C33H38Cl2N2O2/c1-5-18-33(3)20-30(25-8-7-9-27(35)19-25)31(24-12-14-26(34)15-13-24)37(32(33)38)28(6-2)22-36-21-23-10-16-29(39-4)17-11-23/h5,7-17,19,28,30-31,36H,1,6,18,20-22H2,2-4H3/t28?,30-,31?,33-/m1/s1. The Morgan fingerprint density at radius 1 is 1.08 bits per heavy atom. The van der Waals surface area contributed by atoms with Crippen molar-refractivity contribution in [2.45, 2.75) is 57.7 Å². The molecule has 0 aliphatic carbocycles. The number of benzene rings is 3. The van der Waals surface area contributed by atoms with Gasteiger partial charge in [-0.15, -0.1) is 6.58 Å². The van der Waals surface area contributed by atoms with E-state index in [-0.39, 0.29) is 23.9 Å². The average Bonchev–Trinajstić information content (AvgIpc) is 2.94. The van der Waals surface area contributed by atoms with E-state index in [0.29, 0.717) is 36.0 Å². The van der Waals surface area contributed by atoms with Crippen molar-refractivity contribution >= 4 is 29.1 Å². The molecular weight excluding hydrogens is 527 g/mol. The van der Waals surface area contributed by atoms with E-state index >= 15 is 0 Å². The van der Waals surface area contributed by atoms with E-state index in [4.69, 9.17) is 27.9 Å². The van der Waals surface area contributed by atoms with Crippen LogP contribution in [0, 0.1) is 5.41 Å². The molecule has 0 saturated carbocycles. The van der Waals surface area contributed by atoms with Crippen LogP contribution in [0.4, 0.5) is 0 Å². The maximum absolute atomic E-state index is 14.4. The summed E-state index contributed by atoms with van der Waals surface area (Å²) in [6.07, 6.45) is 4.01. The highest BCUT2D eigenvalue weighted by Gasteiger charge is 2.50. The predicted octanol–water partition coefficient (Wildman–Crippen LogP) is 8.21. The lowest BCUT2D eigenvalue weighted by Crippen LogP contribution is -2.57. The van der Waals surface area contributed by atoms with Crippen molar-refractivity contribution in [3.63, 3.8) is 0 Å². The zero-order chi connectivity index (χ0) is 28.0. The Labute approximate surface area is 243 Å². The molecule has 3 aromatic rings. The minimum absolute atomic E-state index is 0.0115. The van der Waals surface area contributed by atoms with Gasteiger partial charge in [-0.25, -0.2) is 0 Å². The second-order valence-electron chi connectivity index (χ2n) is 10.7. The SMILES string of the molecule is C=CC[C@]1(C)C[C@H](c2cccc(Cl)c2)C(c2ccc(Cl)cc2)N(C(CC)CNCc2ccc(OC)cc2)C1=O. The minimum atomic E-state index is -0.568. The van der Waals surface area contributed by atoms with Gasteiger partial charge in [0, 0.05) is 35.1 Å². The molecule has 1 saturated heterocycles. The van der Waals surface area contributed by atoms with Crippen molar-refractivity contribution in [2.75, 3.05) is 13.7 Å². The molecule has 0 spiro atoms. The van der Waals surface area contributed by atoms with Gasteiger partial charge in [0.25, 0.3) is 0 Å². The van der Waals surface area contributed by atoms with Crippen LogP contribution in [0.25, 0.3) is 0 Å². The van der Waals surface area contributed by atoms with Gasteiger partial charge < -0.3 is 15.0 Å². The fourth-order valence-corrected chi connectivity index (χ4v) is 6.18. The molecule has 206 valence electrons. The normalized spacial score (nSPS) is 22.0. The quantitative estimate of drug-likeness (QED) is 0.238. The van der Waals surface area contributed by atoms with Crippen LogP contribution in [0.2, 0.25) is 10.0 Å². The predicted molar refractivity (Wildman–Crippen MR) is 162 cm³/mol. The van der Waals surface area contributed by atoms with E-state index in [2.05, 4.69) is 61.0 Å². The van der Waals surface area contributed by atoms with E-state index in [1.54, 1.807) is 7.11 Å². The van der Waals surface area contributed by atoms with Crippen molar-refractivity contribution in [1.82, 2.24) is 10.2 Å². The number of methoxy groups -OCH3 is 1. The number of amides is 1. The van der Waals surface area contributed by atoms with E-state index in [1.807, 2.05) is 48.5 Å². The van der Waals surface area contributed by atoms with Crippen LogP contribution in [0.3, 0.4) is 0 Å². The number of carbonyl (C=O) groups is 1. The molecule has 3 aromatic carbocycles. The summed E-state index contributed by atoms with van der Waals surface area (Å²) in [7, 11) is 1.67. The Morgan fingerprint density at radius 2 is 1.79 bits per heavy atom. The fraction of sp³-hybridized carbons (Fsp3) is 0.364. The fourth-order valence-electron chi connectivity index (χ4n) is 5.85. The van der Waals surface area contributed by atoms with Gasteiger partial charge >= 0.3 is 0 Å². The van der Waals surface area contributed by atoms with E-state index in [1.165, 1.54) is 0 Å². The molecular formula is C33H38Cl2N2O2. The van der Waals surface area contributed by atoms with E-state index in [9.17, 15) is 4.79 Å². The van der Waals surface area contributed by atoms with Crippen LogP contribution in [-0.4, -0.2) is 30.5 Å². The Bertz CT molecular complexity index is 1260. The number of hydrogen-bond donors (Lipinski definition) is 1. The van der Waals surface area contributed by atoms with Crippen LogP contribution in [-0.2, 0) is 11.3 Å². The van der Waals surface area contributed by atoms with E-state index in [0.717, 1.165) is 28.9 Å². The lowest BCUT2D eigenvalue weighted by molar-refractivity contribution is -0.154. The molecule has 1 amide bonds. The summed E-state index contributed by atoms with van der Waals surface area (Å²) in [4.78, 5) is 16.6. The largest absolute Gasteiger partial charge is 0.497 e. The summed E-state index contributed by atoms with van der Waals surface area (Å²) in [6.45, 7) is 9.60. The van der Waals surface area contributed by atoms with Crippen LogP contribution in [0.15, 0.2) is 85.5 Å². The molecule has 4 rings (SSSR count). The molecule has 0 aromatic heterocycles. The van der Waals surface area contributed by atoms with Gasteiger partial charge in [-0.2, -0.15) is 0 Å². The summed E-state index contributed by atoms with van der Waals surface area (Å²) in [6, 6.07) is 23.9. The number of nitrogens with zero attached hydrogens (tertiary/aromatic N) is 1. The molecule has 1 fully saturated rings. The smallest absolute Gasteiger partial charge is 0.229 e. The van der Waals surface area contributed by atoms with Crippen molar-refractivity contribution in [1.29, 1.82) is 0 Å². The lowest BCUT2D eigenvalue weighted by atomic mass is 9.67. The molecule has 6 heteroatoms. The maximum atomic E-state index is 14.4. The Morgan fingerprint density at radius 3 is 2.41 bits per heavy atom. The van der Waals surface area contributed by atoms with Crippen LogP contribution < -0.4 is 10.1 Å². The summed E-state index contributed by atoms with van der Waals surface area (Å²) >= 11 is 12.8. The number of nitrogens with one attached hydrogen (secondary N) is 1. The van der Waals surface area contributed by atoms with Crippen molar-refractivity contribution in [3.8, 4) is 5.75 Å². The monoisotopic (exact) mass is 564 g/mol. The van der Waals surface area contributed by atoms with E-state index < -0.39 is 5.41 Å². The number of likely N-dealkylation sites (tertiary alicyclic amines) is 1. The third-order valence-corrected chi connectivity index (χ3v) is 8.41. The Balaban J connectivity index is 1.72.